The van der Waals surface area contributed by atoms with Crippen LogP contribution in [0, 0.1) is 0 Å². The highest BCUT2D eigenvalue weighted by atomic mass is 16.5. The van der Waals surface area contributed by atoms with Crippen molar-refractivity contribution >= 4 is 0 Å². The monoisotopic (exact) mass is 237 g/mol. The molecule has 1 aliphatic heterocycles. The molecule has 0 amide bonds. The predicted octanol–water partition coefficient (Wildman–Crippen LogP) is 1.70. The van der Waals surface area contributed by atoms with Gasteiger partial charge in [-0.2, -0.15) is 0 Å². The van der Waals surface area contributed by atoms with Crippen molar-refractivity contribution in [2.24, 2.45) is 0 Å². The Morgan fingerprint density at radius 2 is 1.71 bits per heavy atom. The zero-order valence-corrected chi connectivity index (χ0v) is 10.9. The number of rotatable bonds is 3. The molecule has 1 aliphatic rings. The lowest BCUT2D eigenvalue weighted by atomic mass is 9.97. The van der Waals surface area contributed by atoms with E-state index in [4.69, 9.17) is 14.2 Å². The van der Waals surface area contributed by atoms with Gasteiger partial charge in [0, 0.05) is 30.3 Å². The fourth-order valence-electron chi connectivity index (χ4n) is 2.36. The van der Waals surface area contributed by atoms with Crippen LogP contribution in [0.25, 0.3) is 0 Å². The van der Waals surface area contributed by atoms with Crippen LogP contribution >= 0.6 is 0 Å². The Kier molecular flexibility index (Phi) is 3.43. The summed E-state index contributed by atoms with van der Waals surface area (Å²) in [6, 6.07) is 1.91. The van der Waals surface area contributed by atoms with Gasteiger partial charge < -0.3 is 19.1 Å². The van der Waals surface area contributed by atoms with Gasteiger partial charge in [-0.05, 0) is 13.5 Å². The zero-order valence-electron chi connectivity index (χ0n) is 10.9. The van der Waals surface area contributed by atoms with Crippen molar-refractivity contribution in [3.63, 3.8) is 0 Å². The molecule has 94 valence electrons. The molecule has 0 atom stereocenters. The molecule has 0 unspecified atom stereocenters. The molecule has 4 heteroatoms. The lowest BCUT2D eigenvalue weighted by Gasteiger charge is -2.28. The maximum atomic E-state index is 5.48. The Morgan fingerprint density at radius 3 is 2.29 bits per heavy atom. The molecule has 0 radical (unpaired) electrons. The Bertz CT molecular complexity index is 395. The topological polar surface area (TPSA) is 30.9 Å². The van der Waals surface area contributed by atoms with Gasteiger partial charge in [-0.25, -0.2) is 0 Å². The van der Waals surface area contributed by atoms with Crippen LogP contribution in [0.2, 0.25) is 0 Å². The van der Waals surface area contributed by atoms with Crippen LogP contribution in [0.3, 0.4) is 0 Å². The first-order valence-electron chi connectivity index (χ1n) is 5.70. The zero-order chi connectivity index (χ0) is 12.4. The number of ether oxygens (including phenoxy) is 3. The maximum Gasteiger partial charge on any atom is 0.165 e. The summed E-state index contributed by atoms with van der Waals surface area (Å²) in [7, 11) is 7.13. The van der Waals surface area contributed by atoms with E-state index in [0.717, 1.165) is 36.8 Å². The summed E-state index contributed by atoms with van der Waals surface area (Å²) in [5.74, 6) is 2.46. The predicted molar refractivity (Wildman–Crippen MR) is 66.1 cm³/mol. The van der Waals surface area contributed by atoms with Crippen molar-refractivity contribution in [2.45, 2.75) is 13.0 Å². The first kappa shape index (κ1) is 12.0. The summed E-state index contributed by atoms with van der Waals surface area (Å²) in [6.45, 7) is 1.91. The molecule has 17 heavy (non-hydrogen) atoms. The van der Waals surface area contributed by atoms with Crippen LogP contribution in [0.5, 0.6) is 17.2 Å². The van der Waals surface area contributed by atoms with Gasteiger partial charge in [0.15, 0.2) is 11.5 Å². The molecule has 4 nitrogen and oxygen atoms in total. The molecule has 0 bridgehead atoms. The Labute approximate surface area is 102 Å². The second-order valence-electron chi connectivity index (χ2n) is 4.26. The molecule has 0 saturated carbocycles. The lowest BCUT2D eigenvalue weighted by Crippen LogP contribution is -2.27. The average molecular weight is 237 g/mol. The SMILES string of the molecule is COc1cc(OC)c(OC)c2c1CCN(C)C2. The van der Waals surface area contributed by atoms with Crippen LogP contribution in [0.15, 0.2) is 6.07 Å². The van der Waals surface area contributed by atoms with Gasteiger partial charge in [-0.3, -0.25) is 0 Å². The van der Waals surface area contributed by atoms with Crippen molar-refractivity contribution in [3.8, 4) is 17.2 Å². The summed E-state index contributed by atoms with van der Waals surface area (Å²) in [5, 5.41) is 0. The van der Waals surface area contributed by atoms with E-state index in [2.05, 4.69) is 11.9 Å². The van der Waals surface area contributed by atoms with Crippen LogP contribution in [-0.4, -0.2) is 39.8 Å². The number of likely N-dealkylation sites (N-methyl/N-ethyl adjacent to an activating group) is 1. The van der Waals surface area contributed by atoms with Gasteiger partial charge in [-0.15, -0.1) is 0 Å². The van der Waals surface area contributed by atoms with Gasteiger partial charge in [-0.1, -0.05) is 0 Å². The summed E-state index contributed by atoms with van der Waals surface area (Å²) >= 11 is 0. The molecule has 1 aromatic rings. The minimum absolute atomic E-state index is 0.735. The Balaban J connectivity index is 2.59. The molecule has 2 rings (SSSR count). The van der Waals surface area contributed by atoms with Crippen molar-refractivity contribution in [2.75, 3.05) is 34.9 Å². The molecular weight excluding hydrogens is 218 g/mol. The number of hydrogen-bond donors (Lipinski definition) is 0. The molecular formula is C13H19NO3. The minimum Gasteiger partial charge on any atom is -0.496 e. The smallest absolute Gasteiger partial charge is 0.165 e. The fraction of sp³-hybridized carbons (Fsp3) is 0.538. The molecule has 0 spiro atoms. The maximum absolute atomic E-state index is 5.48. The summed E-state index contributed by atoms with van der Waals surface area (Å²) in [5.41, 5.74) is 2.42. The van der Waals surface area contributed by atoms with Crippen molar-refractivity contribution < 1.29 is 14.2 Å². The summed E-state index contributed by atoms with van der Waals surface area (Å²) in [4.78, 5) is 2.27. The first-order chi connectivity index (χ1) is 8.21. The van der Waals surface area contributed by atoms with Gasteiger partial charge in [0.05, 0.1) is 21.3 Å². The van der Waals surface area contributed by atoms with Crippen molar-refractivity contribution in [1.82, 2.24) is 4.90 Å². The van der Waals surface area contributed by atoms with Crippen LogP contribution < -0.4 is 14.2 Å². The number of fused-ring (bicyclic) bond motifs is 1. The first-order valence-corrected chi connectivity index (χ1v) is 5.70. The van der Waals surface area contributed by atoms with E-state index in [1.807, 2.05) is 6.07 Å². The fourth-order valence-corrected chi connectivity index (χ4v) is 2.36. The lowest BCUT2D eigenvalue weighted by molar-refractivity contribution is 0.287. The normalized spacial score (nSPS) is 15.3. The van der Waals surface area contributed by atoms with Gasteiger partial charge in [0.2, 0.25) is 0 Å². The summed E-state index contributed by atoms with van der Waals surface area (Å²) < 4.78 is 16.3. The standard InChI is InChI=1S/C13H19NO3/c1-14-6-5-9-10(8-14)13(17-4)12(16-3)7-11(9)15-2/h7H,5-6,8H2,1-4H3. The Hall–Kier alpha value is -1.42. The van der Waals surface area contributed by atoms with Gasteiger partial charge >= 0.3 is 0 Å². The van der Waals surface area contributed by atoms with Crippen molar-refractivity contribution in [3.05, 3.63) is 17.2 Å². The third-order valence-corrected chi connectivity index (χ3v) is 3.24. The van der Waals surface area contributed by atoms with E-state index >= 15 is 0 Å². The largest absolute Gasteiger partial charge is 0.496 e. The number of nitrogens with zero attached hydrogens (tertiary/aromatic N) is 1. The number of benzene rings is 1. The third-order valence-electron chi connectivity index (χ3n) is 3.24. The van der Waals surface area contributed by atoms with Gasteiger partial charge in [0.1, 0.15) is 5.75 Å². The highest BCUT2D eigenvalue weighted by Gasteiger charge is 2.24. The van der Waals surface area contributed by atoms with E-state index in [1.54, 1.807) is 21.3 Å². The second kappa shape index (κ2) is 4.84. The van der Waals surface area contributed by atoms with E-state index < -0.39 is 0 Å². The second-order valence-corrected chi connectivity index (χ2v) is 4.26. The summed E-state index contributed by atoms with van der Waals surface area (Å²) in [6.07, 6.45) is 0.982. The number of hydrogen-bond acceptors (Lipinski definition) is 4. The van der Waals surface area contributed by atoms with E-state index in [-0.39, 0.29) is 0 Å². The minimum atomic E-state index is 0.735. The average Bonchev–Trinajstić information content (AvgIpc) is 2.36. The molecule has 0 aromatic heterocycles. The third kappa shape index (κ3) is 2.05. The van der Waals surface area contributed by atoms with Crippen LogP contribution in [0.4, 0.5) is 0 Å². The molecule has 0 saturated heterocycles. The molecule has 0 N–H and O–H groups in total. The Morgan fingerprint density at radius 1 is 1.00 bits per heavy atom. The highest BCUT2D eigenvalue weighted by molar-refractivity contribution is 5.58. The molecule has 0 aliphatic carbocycles. The van der Waals surface area contributed by atoms with Gasteiger partial charge in [0.25, 0.3) is 0 Å². The highest BCUT2D eigenvalue weighted by Crippen LogP contribution is 2.41. The molecule has 1 aromatic carbocycles. The number of methoxy groups -OCH3 is 3. The molecule has 0 fully saturated rings. The quantitative estimate of drug-likeness (QED) is 0.800. The van der Waals surface area contributed by atoms with Crippen molar-refractivity contribution in [1.29, 1.82) is 0 Å². The van der Waals surface area contributed by atoms with E-state index in [1.165, 1.54) is 11.1 Å². The van der Waals surface area contributed by atoms with E-state index in [9.17, 15) is 0 Å². The molecule has 1 heterocycles. The van der Waals surface area contributed by atoms with E-state index in [0.29, 0.717) is 0 Å². The van der Waals surface area contributed by atoms with Crippen LogP contribution in [0.1, 0.15) is 11.1 Å². The van der Waals surface area contributed by atoms with Crippen LogP contribution in [-0.2, 0) is 13.0 Å².